The molecule has 1 aliphatic carbocycles. The molecule has 5 aliphatic heterocycles. The Morgan fingerprint density at radius 1 is 0.905 bits per heavy atom. The first-order chi connectivity index (χ1) is 39.8. The molecule has 3 fully saturated rings. The minimum absolute atomic E-state index is 0.0116. The summed E-state index contributed by atoms with van der Waals surface area (Å²) in [6.07, 6.45) is 9.03. The number of phenols is 3. The number of carbonyl (C=O) groups is 4. The number of piperidine rings is 1. The fourth-order valence-corrected chi connectivity index (χ4v) is 12.5. The van der Waals surface area contributed by atoms with Gasteiger partial charge in [0.1, 0.15) is 28.9 Å². The maximum atomic E-state index is 16.0. The SMILES string of the molecule is CO[C@H]1/C=C/O[C@@]2(C)Oc3c(C)c(O)c4c(O)c(c(/C=N/N5CCC(OCC6CCN(c7c(F)cn8c(=O)c(C(=O)O)cc(C9CC9)c8c7C)C6)CC5)c(O)c4c3C2=O)NC(=O)/C(C)=C\C=C\[C@H](C)[C@H](O)[C@@H](C)[C@@H](O)[C@@H](C)[C@H](OC(C)=O)[C@@H]1C. The summed E-state index contributed by atoms with van der Waals surface area (Å²) in [5.74, 6) is -10.7. The van der Waals surface area contributed by atoms with Crippen LogP contribution in [0, 0.1) is 49.3 Å². The molecule has 1 unspecified atom stereocenters. The van der Waals surface area contributed by atoms with E-state index < -0.39 is 106 Å². The molecule has 10 atom stereocenters. The number of carbonyl (C=O) groups excluding carboxylic acids is 3. The monoisotopic (exact) mass is 1170 g/mol. The molecule has 6 aliphatic rings. The topological polar surface area (TPSA) is 288 Å². The van der Waals surface area contributed by atoms with Crippen LogP contribution < -0.4 is 20.5 Å². The zero-order valence-corrected chi connectivity index (χ0v) is 49.0. The molecule has 1 amide bonds. The molecule has 84 heavy (non-hydrogen) atoms. The predicted octanol–water partition coefficient (Wildman–Crippen LogP) is 7.73. The molecular weight excluding hydrogens is 1090 g/mol. The molecule has 22 heteroatoms. The van der Waals surface area contributed by atoms with Crippen molar-refractivity contribution in [3.05, 3.63) is 98.0 Å². The maximum Gasteiger partial charge on any atom is 0.341 e. The Bertz CT molecular complexity index is 3470. The Morgan fingerprint density at radius 2 is 1.61 bits per heavy atom. The summed E-state index contributed by atoms with van der Waals surface area (Å²) in [5, 5.41) is 77.8. The van der Waals surface area contributed by atoms with Crippen LogP contribution in [0.5, 0.6) is 23.0 Å². The minimum atomic E-state index is -2.11. The van der Waals surface area contributed by atoms with Crippen molar-refractivity contribution in [1.29, 1.82) is 0 Å². The summed E-state index contributed by atoms with van der Waals surface area (Å²) in [5.41, 5.74) is 0.457. The molecule has 1 saturated carbocycles. The van der Waals surface area contributed by atoms with Crippen molar-refractivity contribution in [1.82, 2.24) is 9.41 Å². The van der Waals surface area contributed by atoms with Crippen molar-refractivity contribution in [2.75, 3.05) is 50.1 Å². The number of carboxylic acid groups (broad SMARTS) is 1. The van der Waals surface area contributed by atoms with Crippen LogP contribution in [0.15, 0.2) is 58.3 Å². The molecule has 2 aromatic carbocycles. The predicted molar refractivity (Wildman–Crippen MR) is 310 cm³/mol. The standard InChI is InChI=1S/C62H76FN5O16/c1-29-12-11-13-30(2)59(76)65-48-42(25-64-67-21-17-39(18-22-67)81-28-37-16-20-66(26-37)50-32(4)49-40(38-14-15-38)24-41(61(78)79)60(77)68(49)27-43(50)63)54(73)45-46(55(48)74)53(72)35(7)57-47(45)58(75)62(9,84-57)82-23-19-44(80-10)31(3)56(83-36(8)69)34(6)52(71)33(5)51(29)70/h11-13,19,23-25,27,29,31,33-34,37-39,44,51-52,56,70-74H,14-18,20-22,26,28H2,1-10H3,(H,65,76)(H,78,79)/b12-11+,23-19+,30-13-,64-25+/t29-,31+,33+,34+,37?,44-,51-,52+,56+,62-/m0/s1. The van der Waals surface area contributed by atoms with Gasteiger partial charge in [0.05, 0.1) is 83.1 Å². The van der Waals surface area contributed by atoms with E-state index in [4.69, 9.17) is 23.7 Å². The lowest BCUT2D eigenvalue weighted by Crippen LogP contribution is -2.46. The van der Waals surface area contributed by atoms with Crippen molar-refractivity contribution in [2.45, 2.75) is 137 Å². The summed E-state index contributed by atoms with van der Waals surface area (Å²) < 4.78 is 47.4. The van der Waals surface area contributed by atoms with Crippen molar-refractivity contribution < 1.29 is 77.9 Å². The number of Topliss-reactive ketones (excluding diaryl/α,β-unsaturated/α-hetero) is 1. The van der Waals surface area contributed by atoms with Gasteiger partial charge < -0.3 is 64.5 Å². The number of allylic oxidation sites excluding steroid dienone is 2. The second-order valence-corrected chi connectivity index (χ2v) is 23.5. The quantitative estimate of drug-likeness (QED) is 0.0346. The van der Waals surface area contributed by atoms with E-state index >= 15 is 4.39 Å². The first-order valence-electron chi connectivity index (χ1n) is 28.6. The smallest absolute Gasteiger partial charge is 0.341 e. The number of hydrazone groups is 1. The number of aliphatic hydroxyl groups is 2. The number of aromatic nitrogens is 1. The van der Waals surface area contributed by atoms with Gasteiger partial charge in [-0.15, -0.1) is 0 Å². The van der Waals surface area contributed by atoms with Gasteiger partial charge in [-0.1, -0.05) is 45.9 Å². The zero-order valence-electron chi connectivity index (χ0n) is 49.0. The van der Waals surface area contributed by atoms with Crippen LogP contribution in [0.2, 0.25) is 0 Å². The number of phenolic OH excluding ortho intramolecular Hbond substituents is 3. The lowest BCUT2D eigenvalue weighted by molar-refractivity contribution is -0.160. The van der Waals surface area contributed by atoms with E-state index in [1.54, 1.807) is 51.8 Å². The van der Waals surface area contributed by atoms with Crippen LogP contribution in [0.3, 0.4) is 0 Å². The fourth-order valence-electron chi connectivity index (χ4n) is 12.5. The molecule has 2 aromatic heterocycles. The molecule has 4 aromatic rings. The van der Waals surface area contributed by atoms with E-state index in [9.17, 15) is 54.6 Å². The highest BCUT2D eigenvalue weighted by Gasteiger charge is 2.50. The highest BCUT2D eigenvalue weighted by atomic mass is 19.1. The molecule has 10 rings (SSSR count). The zero-order chi connectivity index (χ0) is 61.0. The number of esters is 1. The van der Waals surface area contributed by atoms with E-state index in [1.807, 2.05) is 4.90 Å². The van der Waals surface area contributed by atoms with E-state index in [0.717, 1.165) is 35.4 Å². The summed E-state index contributed by atoms with van der Waals surface area (Å²) in [6, 6.07) is 1.45. The Labute approximate surface area is 485 Å². The lowest BCUT2D eigenvalue weighted by Gasteiger charge is -2.38. The third-order valence-electron chi connectivity index (χ3n) is 17.7. The van der Waals surface area contributed by atoms with Crippen molar-refractivity contribution in [3.8, 4) is 23.0 Å². The third-order valence-corrected chi connectivity index (χ3v) is 17.7. The molecule has 21 nitrogen and oxygen atoms in total. The number of aliphatic hydroxyl groups excluding tert-OH is 2. The number of nitrogens with one attached hydrogen (secondary N) is 1. The van der Waals surface area contributed by atoms with Crippen LogP contribution in [0.25, 0.3) is 16.3 Å². The van der Waals surface area contributed by atoms with E-state index in [2.05, 4.69) is 10.4 Å². The Morgan fingerprint density at radius 3 is 2.26 bits per heavy atom. The van der Waals surface area contributed by atoms with Crippen LogP contribution in [-0.4, -0.2) is 146 Å². The molecule has 7 heterocycles. The number of ketones is 1. The van der Waals surface area contributed by atoms with Gasteiger partial charge in [0.2, 0.25) is 0 Å². The molecular formula is C62H76FN5O16. The summed E-state index contributed by atoms with van der Waals surface area (Å²) >= 11 is 0. The van der Waals surface area contributed by atoms with Gasteiger partial charge in [0.25, 0.3) is 17.2 Å². The molecule has 2 saturated heterocycles. The second kappa shape index (κ2) is 24.2. The largest absolute Gasteiger partial charge is 0.507 e. The van der Waals surface area contributed by atoms with E-state index in [1.165, 1.54) is 65.5 Å². The summed E-state index contributed by atoms with van der Waals surface area (Å²) in [4.78, 5) is 68.4. The van der Waals surface area contributed by atoms with Gasteiger partial charge in [0.15, 0.2) is 11.6 Å². The Balaban J connectivity index is 0.974. The van der Waals surface area contributed by atoms with E-state index in [0.29, 0.717) is 62.4 Å². The molecule has 0 spiro atoms. The summed E-state index contributed by atoms with van der Waals surface area (Å²) in [7, 11) is 1.42. The number of aryl methyl sites for hydroxylation is 1. The van der Waals surface area contributed by atoms with Crippen LogP contribution >= 0.6 is 0 Å². The third kappa shape index (κ3) is 11.6. The lowest BCUT2D eigenvalue weighted by atomic mass is 9.78. The van der Waals surface area contributed by atoms with Crippen LogP contribution in [-0.2, 0) is 28.5 Å². The van der Waals surface area contributed by atoms with Gasteiger partial charge in [-0.2, -0.15) is 5.10 Å². The second-order valence-electron chi connectivity index (χ2n) is 23.5. The molecule has 452 valence electrons. The normalized spacial score (nSPS) is 28.8. The van der Waals surface area contributed by atoms with E-state index in [-0.39, 0.29) is 68.0 Å². The average Bonchev–Trinajstić information content (AvgIpc) is 2.13. The van der Waals surface area contributed by atoms with Crippen LogP contribution in [0.1, 0.15) is 129 Å². The number of aromatic carboxylic acids is 1. The highest BCUT2D eigenvalue weighted by Crippen LogP contribution is 2.55. The number of amides is 1. The first kappa shape index (κ1) is 61.0. The van der Waals surface area contributed by atoms with Gasteiger partial charge in [-0.3, -0.25) is 28.6 Å². The van der Waals surface area contributed by atoms with Gasteiger partial charge in [-0.05, 0) is 82.1 Å². The number of nitrogens with zero attached hydrogens (tertiary/aromatic N) is 4. The van der Waals surface area contributed by atoms with Gasteiger partial charge >= 0.3 is 17.7 Å². The molecule has 5 bridgehead atoms. The van der Waals surface area contributed by atoms with Crippen molar-refractivity contribution in [3.63, 3.8) is 0 Å². The number of carboxylic acids is 1. The number of aromatic hydroxyl groups is 3. The Hall–Kier alpha value is -7.53. The number of methoxy groups -OCH3 is 1. The number of anilines is 2. The number of ether oxygens (including phenoxy) is 5. The number of pyridine rings is 2. The van der Waals surface area contributed by atoms with Crippen LogP contribution in [0.4, 0.5) is 15.8 Å². The fraction of sp³-hybridized carbons (Fsp3) is 0.516. The first-order valence-corrected chi connectivity index (χ1v) is 28.6. The minimum Gasteiger partial charge on any atom is -0.507 e. The van der Waals surface area contributed by atoms with Gasteiger partial charge in [0, 0.05) is 93.2 Å². The highest BCUT2D eigenvalue weighted by molar-refractivity contribution is 6.24. The average molecular weight is 1170 g/mol. The Kier molecular flexibility index (Phi) is 17.6. The maximum absolute atomic E-state index is 16.0. The number of rotatable bonds is 10. The number of hydrogen-bond acceptors (Lipinski definition) is 18. The number of hydrogen-bond donors (Lipinski definition) is 7. The molecule has 7 N–H and O–H groups in total. The molecule has 0 radical (unpaired) electrons. The number of benzene rings is 2. The number of fused-ring (bicyclic) bond motifs is 15. The van der Waals surface area contributed by atoms with Gasteiger partial charge in [-0.25, -0.2) is 9.18 Å². The van der Waals surface area contributed by atoms with Crippen molar-refractivity contribution >= 4 is 57.5 Å². The number of halogens is 1. The van der Waals surface area contributed by atoms with Crippen molar-refractivity contribution in [2.24, 2.45) is 34.7 Å². The summed E-state index contributed by atoms with van der Waals surface area (Å²) in [6.45, 7) is 16.4.